The molecule has 0 aliphatic heterocycles. The van der Waals surface area contributed by atoms with Crippen LogP contribution in [0.5, 0.6) is 0 Å². The summed E-state index contributed by atoms with van der Waals surface area (Å²) in [5.74, 6) is -0.463. The lowest BCUT2D eigenvalue weighted by atomic mass is 10.3. The summed E-state index contributed by atoms with van der Waals surface area (Å²) >= 11 is 4.82. The molecule has 0 atom stereocenters. The highest BCUT2D eigenvalue weighted by molar-refractivity contribution is 9.10. The average Bonchev–Trinajstić information content (AvgIpc) is 2.55. The summed E-state index contributed by atoms with van der Waals surface area (Å²) in [7, 11) is 1.33. The summed E-state index contributed by atoms with van der Waals surface area (Å²) in [5, 5.41) is 0.923. The molecule has 2 heterocycles. The zero-order valence-electron chi connectivity index (χ0n) is 8.07. The minimum absolute atomic E-state index is 0.260. The Morgan fingerprint density at radius 3 is 2.93 bits per heavy atom. The summed E-state index contributed by atoms with van der Waals surface area (Å²) in [6, 6.07) is 1.83. The molecule has 4 nitrogen and oxygen atoms in total. The molecule has 2 aromatic rings. The normalized spacial score (nSPS) is 10.6. The van der Waals surface area contributed by atoms with Crippen LogP contribution in [-0.2, 0) is 4.74 Å². The van der Waals surface area contributed by atoms with Crippen LogP contribution in [-0.4, -0.2) is 23.0 Å². The van der Waals surface area contributed by atoms with Crippen LogP contribution in [0.4, 0.5) is 0 Å². The van der Waals surface area contributed by atoms with Crippen LogP contribution in [0.3, 0.4) is 0 Å². The predicted octanol–water partition coefficient (Wildman–Crippen LogP) is 2.55. The number of rotatable bonds is 1. The lowest BCUT2D eigenvalue weighted by molar-refractivity contribution is 0.0593. The molecule has 0 N–H and O–H groups in total. The van der Waals surface area contributed by atoms with Crippen LogP contribution in [0.1, 0.15) is 15.5 Å². The van der Waals surface area contributed by atoms with Gasteiger partial charge in [-0.05, 0) is 28.9 Å². The van der Waals surface area contributed by atoms with Crippen LogP contribution >= 0.6 is 27.3 Å². The number of carbonyl (C=O) groups excluding carboxylic acids is 1. The molecule has 2 rings (SSSR count). The van der Waals surface area contributed by atoms with Crippen molar-refractivity contribution in [1.82, 2.24) is 9.97 Å². The Morgan fingerprint density at radius 1 is 1.53 bits per heavy atom. The molecule has 0 unspecified atom stereocenters. The molecule has 0 spiro atoms. The minimum Gasteiger partial charge on any atom is -0.464 e. The van der Waals surface area contributed by atoms with Gasteiger partial charge in [0, 0.05) is 0 Å². The van der Waals surface area contributed by atoms with Crippen molar-refractivity contribution < 1.29 is 9.53 Å². The second-order valence-corrected chi connectivity index (χ2v) is 4.95. The maximum absolute atomic E-state index is 11.3. The third-order valence-electron chi connectivity index (χ3n) is 1.82. The fourth-order valence-corrected chi connectivity index (χ4v) is 2.63. The minimum atomic E-state index is -0.463. The molecule has 0 aliphatic carbocycles. The van der Waals surface area contributed by atoms with E-state index in [1.54, 1.807) is 0 Å². The van der Waals surface area contributed by atoms with E-state index in [4.69, 9.17) is 0 Å². The standard InChI is InChI=1S/C9H7BrN2O2S/c1-4-11-8-6(15-4)3-5(10)7(12-8)9(13)14-2/h3H,1-2H3. The molecule has 0 saturated carbocycles. The first-order valence-electron chi connectivity index (χ1n) is 4.14. The number of aryl methyl sites for hydroxylation is 1. The molecule has 0 saturated heterocycles. The number of ether oxygens (including phenoxy) is 1. The molecule has 0 bridgehead atoms. The molecule has 0 aromatic carbocycles. The molecule has 0 amide bonds. The molecular weight excluding hydrogens is 280 g/mol. The van der Waals surface area contributed by atoms with Crippen molar-refractivity contribution in [2.24, 2.45) is 0 Å². The van der Waals surface area contributed by atoms with Crippen molar-refractivity contribution in [2.75, 3.05) is 7.11 Å². The second kappa shape index (κ2) is 3.86. The average molecular weight is 287 g/mol. The number of hydrogen-bond acceptors (Lipinski definition) is 5. The van der Waals surface area contributed by atoms with E-state index in [0.717, 1.165) is 9.71 Å². The van der Waals surface area contributed by atoms with E-state index < -0.39 is 5.97 Å². The summed E-state index contributed by atoms with van der Waals surface area (Å²) < 4.78 is 6.20. The second-order valence-electron chi connectivity index (χ2n) is 2.87. The van der Waals surface area contributed by atoms with Gasteiger partial charge in [-0.3, -0.25) is 0 Å². The Labute approximate surface area is 98.4 Å². The largest absolute Gasteiger partial charge is 0.464 e. The number of esters is 1. The van der Waals surface area contributed by atoms with E-state index in [-0.39, 0.29) is 5.69 Å². The molecule has 0 radical (unpaired) electrons. The van der Waals surface area contributed by atoms with Crippen molar-refractivity contribution in [3.05, 3.63) is 21.2 Å². The molecule has 78 valence electrons. The van der Waals surface area contributed by atoms with Crippen molar-refractivity contribution in [2.45, 2.75) is 6.92 Å². The first-order chi connectivity index (χ1) is 7.11. The van der Waals surface area contributed by atoms with E-state index in [1.807, 2.05) is 13.0 Å². The molecule has 0 aliphatic rings. The van der Waals surface area contributed by atoms with E-state index in [9.17, 15) is 4.79 Å². The zero-order chi connectivity index (χ0) is 11.0. The van der Waals surface area contributed by atoms with Crippen LogP contribution < -0.4 is 0 Å². The van der Waals surface area contributed by atoms with Gasteiger partial charge in [0.25, 0.3) is 0 Å². The van der Waals surface area contributed by atoms with Gasteiger partial charge in [0.05, 0.1) is 21.3 Å². The SMILES string of the molecule is COC(=O)c1nc2nc(C)sc2cc1Br. The fourth-order valence-electron chi connectivity index (χ4n) is 1.19. The van der Waals surface area contributed by atoms with Gasteiger partial charge in [0.2, 0.25) is 0 Å². The van der Waals surface area contributed by atoms with E-state index >= 15 is 0 Å². The molecular formula is C9H7BrN2O2S. The number of halogens is 1. The van der Waals surface area contributed by atoms with E-state index in [0.29, 0.717) is 10.1 Å². The predicted molar refractivity (Wildman–Crippen MR) is 61.2 cm³/mol. The highest BCUT2D eigenvalue weighted by Crippen LogP contribution is 2.26. The van der Waals surface area contributed by atoms with Gasteiger partial charge < -0.3 is 4.74 Å². The number of pyridine rings is 1. The maximum atomic E-state index is 11.3. The zero-order valence-corrected chi connectivity index (χ0v) is 10.5. The van der Waals surface area contributed by atoms with Crippen molar-refractivity contribution in [1.29, 1.82) is 0 Å². The quantitative estimate of drug-likeness (QED) is 0.756. The molecule has 0 fully saturated rings. The Hall–Kier alpha value is -1.01. The topological polar surface area (TPSA) is 52.1 Å². The van der Waals surface area contributed by atoms with Crippen molar-refractivity contribution in [3.63, 3.8) is 0 Å². The molecule has 6 heteroatoms. The maximum Gasteiger partial charge on any atom is 0.357 e. The highest BCUT2D eigenvalue weighted by Gasteiger charge is 2.15. The van der Waals surface area contributed by atoms with Gasteiger partial charge >= 0.3 is 5.97 Å². The molecule has 2 aromatic heterocycles. The number of aromatic nitrogens is 2. The molecule has 15 heavy (non-hydrogen) atoms. The summed E-state index contributed by atoms with van der Waals surface area (Å²) in [6.45, 7) is 1.90. The number of hydrogen-bond donors (Lipinski definition) is 0. The Kier molecular flexibility index (Phi) is 2.70. The Morgan fingerprint density at radius 2 is 2.27 bits per heavy atom. The lowest BCUT2D eigenvalue weighted by Gasteiger charge is -2.00. The smallest absolute Gasteiger partial charge is 0.357 e. The number of thiazole rings is 1. The van der Waals surface area contributed by atoms with Gasteiger partial charge in [0.1, 0.15) is 0 Å². The number of carbonyl (C=O) groups is 1. The summed E-state index contributed by atoms with van der Waals surface area (Å²) in [6.07, 6.45) is 0. The van der Waals surface area contributed by atoms with Gasteiger partial charge in [0.15, 0.2) is 11.3 Å². The van der Waals surface area contributed by atoms with Crippen LogP contribution in [0.15, 0.2) is 10.5 Å². The van der Waals surface area contributed by atoms with Crippen LogP contribution in [0.2, 0.25) is 0 Å². The third-order valence-corrected chi connectivity index (χ3v) is 3.33. The first kappa shape index (κ1) is 10.5. The highest BCUT2D eigenvalue weighted by atomic mass is 79.9. The third kappa shape index (κ3) is 1.87. The first-order valence-corrected chi connectivity index (χ1v) is 5.74. The van der Waals surface area contributed by atoms with E-state index in [2.05, 4.69) is 30.6 Å². The van der Waals surface area contributed by atoms with Crippen LogP contribution in [0, 0.1) is 6.92 Å². The Balaban J connectivity index is 2.66. The Bertz CT molecular complexity index is 538. The lowest BCUT2D eigenvalue weighted by Crippen LogP contribution is -2.05. The van der Waals surface area contributed by atoms with Crippen LogP contribution in [0.25, 0.3) is 10.3 Å². The number of nitrogens with zero attached hydrogens (tertiary/aromatic N) is 2. The number of methoxy groups -OCH3 is 1. The fraction of sp³-hybridized carbons (Fsp3) is 0.222. The van der Waals surface area contributed by atoms with Crippen molar-refractivity contribution in [3.8, 4) is 0 Å². The summed E-state index contributed by atoms with van der Waals surface area (Å²) in [5.41, 5.74) is 0.844. The van der Waals surface area contributed by atoms with Gasteiger partial charge in [-0.15, -0.1) is 11.3 Å². The summed E-state index contributed by atoms with van der Waals surface area (Å²) in [4.78, 5) is 19.7. The van der Waals surface area contributed by atoms with Crippen molar-refractivity contribution >= 4 is 43.6 Å². The van der Waals surface area contributed by atoms with Gasteiger partial charge in [-0.1, -0.05) is 0 Å². The monoisotopic (exact) mass is 286 g/mol. The van der Waals surface area contributed by atoms with E-state index in [1.165, 1.54) is 18.4 Å². The van der Waals surface area contributed by atoms with Gasteiger partial charge in [-0.2, -0.15) is 0 Å². The number of fused-ring (bicyclic) bond motifs is 1. The van der Waals surface area contributed by atoms with Gasteiger partial charge in [-0.25, -0.2) is 14.8 Å².